The summed E-state index contributed by atoms with van der Waals surface area (Å²) in [6, 6.07) is -0.510. The maximum Gasteiger partial charge on any atom is 0.321 e. The molecule has 1 aliphatic carbocycles. The molecule has 18 heavy (non-hydrogen) atoms. The van der Waals surface area contributed by atoms with E-state index in [4.69, 9.17) is 5.11 Å². The van der Waals surface area contributed by atoms with Crippen molar-refractivity contribution < 1.29 is 14.7 Å². The first-order valence-corrected chi connectivity index (χ1v) is 6.55. The first-order valence-electron chi connectivity index (χ1n) is 6.55. The van der Waals surface area contributed by atoms with Gasteiger partial charge in [-0.15, -0.1) is 0 Å². The third kappa shape index (κ3) is 3.96. The number of hydrogen-bond acceptors (Lipinski definition) is 4. The van der Waals surface area contributed by atoms with Crippen LogP contribution in [0, 0.1) is 0 Å². The summed E-state index contributed by atoms with van der Waals surface area (Å²) in [6.07, 6.45) is 3.27. The normalized spacial score (nSPS) is 17.1. The van der Waals surface area contributed by atoms with Crippen LogP contribution in [0.3, 0.4) is 0 Å². The van der Waals surface area contributed by atoms with Gasteiger partial charge in [0.05, 0.1) is 12.6 Å². The minimum absolute atomic E-state index is 0.0231. The van der Waals surface area contributed by atoms with E-state index < -0.39 is 12.1 Å². The van der Waals surface area contributed by atoms with Crippen molar-refractivity contribution in [3.8, 4) is 0 Å². The van der Waals surface area contributed by atoms with Crippen molar-refractivity contribution in [3.63, 3.8) is 0 Å². The molecule has 0 heterocycles. The molecule has 1 atom stereocenters. The van der Waals surface area contributed by atoms with E-state index in [1.54, 1.807) is 13.8 Å². The summed E-state index contributed by atoms with van der Waals surface area (Å²) in [7, 11) is 0. The Kier molecular flexibility index (Phi) is 6.07. The summed E-state index contributed by atoms with van der Waals surface area (Å²) < 4.78 is 0. The van der Waals surface area contributed by atoms with E-state index in [9.17, 15) is 9.59 Å². The van der Waals surface area contributed by atoms with Gasteiger partial charge in [-0.3, -0.25) is 15.0 Å². The molecule has 3 amide bonds. The van der Waals surface area contributed by atoms with Gasteiger partial charge in [0.2, 0.25) is 5.91 Å². The van der Waals surface area contributed by atoms with Crippen LogP contribution in [0.15, 0.2) is 0 Å². The molecule has 0 aliphatic heterocycles. The van der Waals surface area contributed by atoms with Gasteiger partial charge in [-0.2, -0.15) is 0 Å². The Morgan fingerprint density at radius 3 is 2.56 bits per heavy atom. The topological polar surface area (TPSA) is 81.7 Å². The lowest BCUT2D eigenvalue weighted by atomic mass is 9.90. The number of amides is 3. The average molecular weight is 257 g/mol. The summed E-state index contributed by atoms with van der Waals surface area (Å²) in [5.41, 5.74) is 0. The van der Waals surface area contributed by atoms with Crippen LogP contribution in [-0.4, -0.2) is 53.7 Å². The fourth-order valence-electron chi connectivity index (χ4n) is 2.10. The Bertz CT molecular complexity index is 292. The van der Waals surface area contributed by atoms with Crippen LogP contribution < -0.4 is 10.6 Å². The highest BCUT2D eigenvalue weighted by Gasteiger charge is 2.31. The zero-order chi connectivity index (χ0) is 13.5. The van der Waals surface area contributed by atoms with Crippen molar-refractivity contribution in [2.75, 3.05) is 19.7 Å². The zero-order valence-electron chi connectivity index (χ0n) is 11.1. The second-order valence-electron chi connectivity index (χ2n) is 4.57. The van der Waals surface area contributed by atoms with E-state index in [1.807, 2.05) is 4.90 Å². The molecule has 0 aromatic rings. The number of nitrogens with one attached hydrogen (secondary N) is 2. The van der Waals surface area contributed by atoms with Crippen LogP contribution in [0.4, 0.5) is 4.79 Å². The Labute approximate surface area is 108 Å². The molecule has 1 rings (SSSR count). The number of aliphatic hydroxyl groups is 1. The largest absolute Gasteiger partial charge is 0.395 e. The number of aliphatic hydroxyl groups excluding tert-OH is 1. The molecule has 0 spiro atoms. The van der Waals surface area contributed by atoms with Crippen molar-refractivity contribution in [2.45, 2.75) is 45.2 Å². The second kappa shape index (κ2) is 7.33. The minimum atomic E-state index is -0.466. The van der Waals surface area contributed by atoms with Crippen molar-refractivity contribution in [1.29, 1.82) is 0 Å². The first-order chi connectivity index (χ1) is 8.60. The quantitative estimate of drug-likeness (QED) is 0.629. The van der Waals surface area contributed by atoms with E-state index >= 15 is 0 Å². The van der Waals surface area contributed by atoms with E-state index in [0.29, 0.717) is 19.1 Å². The molecule has 0 bridgehead atoms. The van der Waals surface area contributed by atoms with Crippen molar-refractivity contribution >= 4 is 11.9 Å². The zero-order valence-corrected chi connectivity index (χ0v) is 11.1. The Balaban J connectivity index is 2.50. The molecule has 1 fully saturated rings. The number of rotatable bonds is 6. The van der Waals surface area contributed by atoms with Gasteiger partial charge in [0.1, 0.15) is 0 Å². The highest BCUT2D eigenvalue weighted by molar-refractivity contribution is 5.96. The molecule has 3 N–H and O–H groups in total. The summed E-state index contributed by atoms with van der Waals surface area (Å²) >= 11 is 0. The summed E-state index contributed by atoms with van der Waals surface area (Å²) in [5, 5.41) is 13.9. The Morgan fingerprint density at radius 1 is 1.44 bits per heavy atom. The van der Waals surface area contributed by atoms with Crippen molar-refractivity contribution in [3.05, 3.63) is 0 Å². The molecule has 104 valence electrons. The smallest absolute Gasteiger partial charge is 0.321 e. The molecule has 1 aliphatic rings. The van der Waals surface area contributed by atoms with Crippen molar-refractivity contribution in [1.82, 2.24) is 15.5 Å². The molecule has 6 heteroatoms. The van der Waals surface area contributed by atoms with Gasteiger partial charge in [0.25, 0.3) is 0 Å². The number of carbonyl (C=O) groups is 2. The summed E-state index contributed by atoms with van der Waals surface area (Å²) in [5.74, 6) is -0.318. The number of urea groups is 1. The molecule has 1 unspecified atom stereocenters. The fraction of sp³-hybridized carbons (Fsp3) is 0.833. The van der Waals surface area contributed by atoms with Gasteiger partial charge in [-0.05, 0) is 26.7 Å². The van der Waals surface area contributed by atoms with E-state index in [0.717, 1.165) is 19.3 Å². The van der Waals surface area contributed by atoms with Gasteiger partial charge in [-0.1, -0.05) is 6.42 Å². The van der Waals surface area contributed by atoms with Gasteiger partial charge < -0.3 is 10.4 Å². The summed E-state index contributed by atoms with van der Waals surface area (Å²) in [6.45, 7) is 4.53. The minimum Gasteiger partial charge on any atom is -0.395 e. The SMILES string of the molecule is CCNC(=O)NC(=O)C(C)N(CCO)C1CCC1. The number of nitrogens with zero attached hydrogens (tertiary/aromatic N) is 1. The number of imide groups is 1. The maximum absolute atomic E-state index is 11.9. The van der Waals surface area contributed by atoms with Gasteiger partial charge >= 0.3 is 6.03 Å². The summed E-state index contributed by atoms with van der Waals surface area (Å²) in [4.78, 5) is 25.1. The monoisotopic (exact) mass is 257 g/mol. The Hall–Kier alpha value is -1.14. The molecule has 6 nitrogen and oxygen atoms in total. The van der Waals surface area contributed by atoms with Crippen LogP contribution in [0.25, 0.3) is 0 Å². The fourth-order valence-corrected chi connectivity index (χ4v) is 2.10. The molecule has 1 saturated carbocycles. The van der Waals surface area contributed by atoms with Gasteiger partial charge in [0, 0.05) is 19.1 Å². The van der Waals surface area contributed by atoms with Crippen LogP contribution in [0.5, 0.6) is 0 Å². The van der Waals surface area contributed by atoms with E-state index in [2.05, 4.69) is 10.6 Å². The van der Waals surface area contributed by atoms with Crippen LogP contribution in [0.2, 0.25) is 0 Å². The lowest BCUT2D eigenvalue weighted by Crippen LogP contribution is -2.54. The van der Waals surface area contributed by atoms with Crippen molar-refractivity contribution in [2.24, 2.45) is 0 Å². The van der Waals surface area contributed by atoms with Crippen LogP contribution in [0.1, 0.15) is 33.1 Å². The highest BCUT2D eigenvalue weighted by Crippen LogP contribution is 2.26. The second-order valence-corrected chi connectivity index (χ2v) is 4.57. The average Bonchev–Trinajstić information content (AvgIpc) is 2.25. The maximum atomic E-state index is 11.9. The lowest BCUT2D eigenvalue weighted by molar-refractivity contribution is -0.126. The van der Waals surface area contributed by atoms with Gasteiger partial charge in [-0.25, -0.2) is 4.79 Å². The predicted molar refractivity (Wildman–Crippen MR) is 68.1 cm³/mol. The van der Waals surface area contributed by atoms with Crippen LogP contribution in [-0.2, 0) is 4.79 Å². The molecule has 0 aromatic carbocycles. The molecule has 0 saturated heterocycles. The third-order valence-electron chi connectivity index (χ3n) is 3.35. The van der Waals surface area contributed by atoms with E-state index in [1.165, 1.54) is 0 Å². The molecule has 0 radical (unpaired) electrons. The number of carbonyl (C=O) groups excluding carboxylic acids is 2. The first kappa shape index (κ1) is 14.9. The Morgan fingerprint density at radius 2 is 2.11 bits per heavy atom. The third-order valence-corrected chi connectivity index (χ3v) is 3.35. The standard InChI is InChI=1S/C12H23N3O3/c1-3-13-12(18)14-11(17)9(2)15(7-8-16)10-5-4-6-10/h9-10,16H,3-8H2,1-2H3,(H2,13,14,17,18). The predicted octanol–water partition coefficient (Wildman–Crippen LogP) is 0.0674. The molecule has 0 aromatic heterocycles. The van der Waals surface area contributed by atoms with Gasteiger partial charge in [0.15, 0.2) is 0 Å². The lowest BCUT2D eigenvalue weighted by Gasteiger charge is -2.40. The van der Waals surface area contributed by atoms with E-state index in [-0.39, 0.29) is 12.5 Å². The molecular formula is C12H23N3O3. The highest BCUT2D eigenvalue weighted by atomic mass is 16.3. The number of hydrogen-bond donors (Lipinski definition) is 3. The molecular weight excluding hydrogens is 234 g/mol. The van der Waals surface area contributed by atoms with Crippen LogP contribution >= 0.6 is 0 Å².